The van der Waals surface area contributed by atoms with E-state index in [-0.39, 0.29) is 30.1 Å². The molecule has 0 spiro atoms. The van der Waals surface area contributed by atoms with Gasteiger partial charge < -0.3 is 15.7 Å². The van der Waals surface area contributed by atoms with Crippen molar-refractivity contribution in [2.45, 2.75) is 50.6 Å². The Kier molecular flexibility index (Phi) is 5.05. The van der Waals surface area contributed by atoms with Crippen LogP contribution in [0.5, 0.6) is 0 Å². The van der Waals surface area contributed by atoms with Crippen LogP contribution in [0.4, 0.5) is 10.1 Å². The maximum atomic E-state index is 14.3. The molecule has 3 aliphatic rings. The Labute approximate surface area is 162 Å². The molecule has 8 heteroatoms. The summed E-state index contributed by atoms with van der Waals surface area (Å²) in [6.07, 6.45) is 4.47. The molecule has 2 saturated carbocycles. The van der Waals surface area contributed by atoms with Gasteiger partial charge in [0.1, 0.15) is 5.82 Å². The maximum Gasteiger partial charge on any atom is 0.317 e. The molecule has 0 saturated heterocycles. The monoisotopic (exact) mass is 389 g/mol. The van der Waals surface area contributed by atoms with Crippen molar-refractivity contribution in [3.05, 3.63) is 29.1 Å². The third kappa shape index (κ3) is 4.16. The van der Waals surface area contributed by atoms with Crippen LogP contribution in [-0.2, 0) is 16.0 Å². The van der Waals surface area contributed by atoms with E-state index >= 15 is 0 Å². The number of halogens is 1. The number of amides is 2. The first-order chi connectivity index (χ1) is 13.4. The third-order valence-electron chi connectivity index (χ3n) is 5.83. The molecule has 0 atom stereocenters. The van der Waals surface area contributed by atoms with Crippen molar-refractivity contribution in [3.63, 3.8) is 0 Å². The van der Waals surface area contributed by atoms with E-state index in [1.165, 1.54) is 12.1 Å². The second-order valence-corrected chi connectivity index (χ2v) is 8.10. The summed E-state index contributed by atoms with van der Waals surface area (Å²) in [7, 11) is 0. The van der Waals surface area contributed by atoms with Gasteiger partial charge in [-0.25, -0.2) is 4.39 Å². The molecule has 28 heavy (non-hydrogen) atoms. The van der Waals surface area contributed by atoms with Gasteiger partial charge >= 0.3 is 5.97 Å². The average Bonchev–Trinajstić information content (AvgIpc) is 3.40. The van der Waals surface area contributed by atoms with E-state index in [1.807, 2.05) is 4.90 Å². The number of hydrogen-bond acceptors (Lipinski definition) is 4. The lowest BCUT2D eigenvalue weighted by Crippen LogP contribution is -2.55. The van der Waals surface area contributed by atoms with Crippen LogP contribution in [0.2, 0.25) is 0 Å². The van der Waals surface area contributed by atoms with Gasteiger partial charge in [0, 0.05) is 30.7 Å². The van der Waals surface area contributed by atoms with Gasteiger partial charge in [0.15, 0.2) is 0 Å². The molecule has 7 nitrogen and oxygen atoms in total. The van der Waals surface area contributed by atoms with Crippen LogP contribution in [-0.4, -0.2) is 53.0 Å². The SMILES string of the molecule is O=C(O)CN(CC1CC1)C1CC(NC(=O)c2cc3c(cc2F)NC(=O)CC3)C1. The molecule has 2 fully saturated rings. The molecule has 2 aliphatic carbocycles. The second kappa shape index (κ2) is 7.50. The fourth-order valence-electron chi connectivity index (χ4n) is 3.99. The molecule has 0 aromatic heterocycles. The molecular weight excluding hydrogens is 365 g/mol. The van der Waals surface area contributed by atoms with Crippen molar-refractivity contribution in [2.24, 2.45) is 5.92 Å². The highest BCUT2D eigenvalue weighted by Crippen LogP contribution is 2.34. The Morgan fingerprint density at radius 1 is 1.25 bits per heavy atom. The highest BCUT2D eigenvalue weighted by Gasteiger charge is 2.38. The Hall–Kier alpha value is -2.48. The Bertz CT molecular complexity index is 818. The lowest BCUT2D eigenvalue weighted by molar-refractivity contribution is -0.139. The van der Waals surface area contributed by atoms with E-state index in [4.69, 9.17) is 5.11 Å². The molecule has 150 valence electrons. The van der Waals surface area contributed by atoms with Crippen molar-refractivity contribution in [1.29, 1.82) is 0 Å². The van der Waals surface area contributed by atoms with Crippen molar-refractivity contribution in [3.8, 4) is 0 Å². The molecule has 0 radical (unpaired) electrons. The van der Waals surface area contributed by atoms with Gasteiger partial charge in [0.2, 0.25) is 5.91 Å². The summed E-state index contributed by atoms with van der Waals surface area (Å²) in [5.41, 5.74) is 1.17. The van der Waals surface area contributed by atoms with Crippen molar-refractivity contribution < 1.29 is 23.9 Å². The van der Waals surface area contributed by atoms with E-state index in [0.29, 0.717) is 37.3 Å². The minimum absolute atomic E-state index is 0.0151. The molecule has 1 aromatic carbocycles. The lowest BCUT2D eigenvalue weighted by Gasteiger charge is -2.42. The minimum atomic E-state index is -0.837. The number of aryl methyl sites for hydroxylation is 1. The summed E-state index contributed by atoms with van der Waals surface area (Å²) in [4.78, 5) is 37.0. The number of aliphatic carboxylic acids is 1. The van der Waals surface area contributed by atoms with Crippen LogP contribution in [0.15, 0.2) is 12.1 Å². The largest absolute Gasteiger partial charge is 0.480 e. The maximum absolute atomic E-state index is 14.3. The third-order valence-corrected chi connectivity index (χ3v) is 5.83. The van der Waals surface area contributed by atoms with Crippen molar-refractivity contribution >= 4 is 23.5 Å². The Morgan fingerprint density at radius 3 is 2.68 bits per heavy atom. The summed E-state index contributed by atoms with van der Waals surface area (Å²) >= 11 is 0. The molecular formula is C20H24FN3O4. The predicted molar refractivity (Wildman–Crippen MR) is 99.6 cm³/mol. The fraction of sp³-hybridized carbons (Fsp3) is 0.550. The average molecular weight is 389 g/mol. The first kappa shape index (κ1) is 18.9. The van der Waals surface area contributed by atoms with Gasteiger partial charge in [-0.1, -0.05) is 0 Å². The van der Waals surface area contributed by atoms with E-state index in [0.717, 1.165) is 24.9 Å². The standard InChI is InChI=1S/C20H24FN3O4/c21-16-8-17-12(3-4-18(25)23-17)5-15(16)20(28)22-13-6-14(7-13)24(10-19(26)27)9-11-1-2-11/h5,8,11,13-14H,1-4,6-7,9-10H2,(H,22,28)(H,23,25)(H,26,27). The number of fused-ring (bicyclic) bond motifs is 1. The molecule has 1 aliphatic heterocycles. The number of hydrogen-bond donors (Lipinski definition) is 3. The van der Waals surface area contributed by atoms with Gasteiger partial charge in [0.05, 0.1) is 12.1 Å². The number of anilines is 1. The lowest BCUT2D eigenvalue weighted by atomic mass is 9.85. The number of rotatable bonds is 7. The van der Waals surface area contributed by atoms with Crippen molar-refractivity contribution in [2.75, 3.05) is 18.4 Å². The zero-order valence-corrected chi connectivity index (χ0v) is 15.5. The van der Waals surface area contributed by atoms with Crippen LogP contribution >= 0.6 is 0 Å². The van der Waals surface area contributed by atoms with Crippen LogP contribution in [0, 0.1) is 11.7 Å². The van der Waals surface area contributed by atoms with Gasteiger partial charge in [0.25, 0.3) is 5.91 Å². The predicted octanol–water partition coefficient (Wildman–Crippen LogP) is 1.77. The number of carboxylic acids is 1. The van der Waals surface area contributed by atoms with Crippen LogP contribution in [0.3, 0.4) is 0 Å². The first-order valence-corrected chi connectivity index (χ1v) is 9.78. The first-order valence-electron chi connectivity index (χ1n) is 9.78. The van der Waals surface area contributed by atoms with E-state index < -0.39 is 17.7 Å². The number of carboxylic acid groups (broad SMARTS) is 1. The minimum Gasteiger partial charge on any atom is -0.480 e. The van der Waals surface area contributed by atoms with Gasteiger partial charge in [-0.3, -0.25) is 19.3 Å². The zero-order chi connectivity index (χ0) is 19.8. The number of nitrogens with zero attached hydrogens (tertiary/aromatic N) is 1. The number of carbonyl (C=O) groups excluding carboxylic acids is 2. The van der Waals surface area contributed by atoms with E-state index in [1.54, 1.807) is 0 Å². The molecule has 2 amide bonds. The Balaban J connectivity index is 1.35. The number of nitrogens with one attached hydrogen (secondary N) is 2. The van der Waals surface area contributed by atoms with Crippen molar-refractivity contribution in [1.82, 2.24) is 10.2 Å². The van der Waals surface area contributed by atoms with Crippen LogP contribution < -0.4 is 10.6 Å². The van der Waals surface area contributed by atoms with E-state index in [9.17, 15) is 18.8 Å². The number of carbonyl (C=O) groups is 3. The number of benzene rings is 1. The molecule has 4 rings (SSSR count). The van der Waals surface area contributed by atoms with Crippen LogP contribution in [0.1, 0.15) is 48.0 Å². The van der Waals surface area contributed by atoms with E-state index in [2.05, 4.69) is 10.6 Å². The summed E-state index contributed by atoms with van der Waals surface area (Å²) in [6, 6.07) is 2.78. The zero-order valence-electron chi connectivity index (χ0n) is 15.5. The topological polar surface area (TPSA) is 98.7 Å². The molecule has 1 aromatic rings. The van der Waals surface area contributed by atoms with Gasteiger partial charge in [-0.2, -0.15) is 0 Å². The molecule has 0 unspecified atom stereocenters. The second-order valence-electron chi connectivity index (χ2n) is 8.10. The quantitative estimate of drug-likeness (QED) is 0.660. The highest BCUT2D eigenvalue weighted by atomic mass is 19.1. The molecule has 1 heterocycles. The van der Waals surface area contributed by atoms with Crippen LogP contribution in [0.25, 0.3) is 0 Å². The highest BCUT2D eigenvalue weighted by molar-refractivity contribution is 5.98. The van der Waals surface area contributed by atoms with Gasteiger partial charge in [-0.05, 0) is 55.7 Å². The fourth-order valence-corrected chi connectivity index (χ4v) is 3.99. The smallest absolute Gasteiger partial charge is 0.317 e. The van der Waals surface area contributed by atoms with Gasteiger partial charge in [-0.15, -0.1) is 0 Å². The normalized spacial score (nSPS) is 23.6. The summed E-state index contributed by atoms with van der Waals surface area (Å²) in [6.45, 7) is 0.815. The molecule has 3 N–H and O–H groups in total. The summed E-state index contributed by atoms with van der Waals surface area (Å²) in [5.74, 6) is -1.51. The Morgan fingerprint density at radius 2 is 2.00 bits per heavy atom. The summed E-state index contributed by atoms with van der Waals surface area (Å²) in [5, 5.41) is 14.6. The molecule has 0 bridgehead atoms. The summed E-state index contributed by atoms with van der Waals surface area (Å²) < 4.78 is 14.3.